The van der Waals surface area contributed by atoms with Crippen molar-refractivity contribution < 1.29 is 4.79 Å². The second-order valence-electron chi connectivity index (χ2n) is 4.36. The van der Waals surface area contributed by atoms with E-state index in [4.69, 9.17) is 5.73 Å². The van der Waals surface area contributed by atoms with Gasteiger partial charge in [0.25, 0.3) is 5.91 Å². The number of amides is 1. The molecule has 20 heavy (non-hydrogen) atoms. The molecular formula is C15H13N3OS. The molecule has 5 heteroatoms. The van der Waals surface area contributed by atoms with Gasteiger partial charge in [0, 0.05) is 16.5 Å². The minimum absolute atomic E-state index is 0.137. The Bertz CT molecular complexity index is 753. The van der Waals surface area contributed by atoms with Gasteiger partial charge in [0.15, 0.2) is 0 Å². The van der Waals surface area contributed by atoms with Crippen molar-refractivity contribution in [1.82, 2.24) is 10.3 Å². The number of anilines is 1. The molecule has 0 radical (unpaired) electrons. The number of pyridine rings is 1. The second kappa shape index (κ2) is 5.30. The molecule has 0 aliphatic heterocycles. The van der Waals surface area contributed by atoms with Crippen LogP contribution in [0.1, 0.15) is 15.2 Å². The molecule has 3 rings (SSSR count). The number of nitrogens with one attached hydrogen (secondary N) is 1. The van der Waals surface area contributed by atoms with Crippen molar-refractivity contribution in [2.24, 2.45) is 0 Å². The summed E-state index contributed by atoms with van der Waals surface area (Å²) in [7, 11) is 0. The number of hydrogen-bond acceptors (Lipinski definition) is 4. The second-order valence-corrected chi connectivity index (χ2v) is 5.40. The molecule has 0 aliphatic rings. The van der Waals surface area contributed by atoms with Crippen LogP contribution in [0, 0.1) is 0 Å². The highest BCUT2D eigenvalue weighted by Crippen LogP contribution is 2.22. The van der Waals surface area contributed by atoms with Crippen molar-refractivity contribution in [3.8, 4) is 0 Å². The van der Waals surface area contributed by atoms with Gasteiger partial charge in [-0.05, 0) is 16.8 Å². The lowest BCUT2D eigenvalue weighted by Gasteiger charge is -2.08. The zero-order chi connectivity index (χ0) is 13.9. The number of rotatable bonds is 3. The summed E-state index contributed by atoms with van der Waals surface area (Å²) in [5.41, 5.74) is 6.38. The molecule has 3 aromatic rings. The van der Waals surface area contributed by atoms with Gasteiger partial charge in [-0.2, -0.15) is 0 Å². The van der Waals surface area contributed by atoms with Crippen LogP contribution in [0.3, 0.4) is 0 Å². The van der Waals surface area contributed by atoms with Crippen molar-refractivity contribution in [2.75, 3.05) is 5.73 Å². The lowest BCUT2D eigenvalue weighted by atomic mass is 10.1. The van der Waals surface area contributed by atoms with E-state index >= 15 is 0 Å². The van der Waals surface area contributed by atoms with Gasteiger partial charge < -0.3 is 11.1 Å². The molecule has 3 N–H and O–H groups in total. The molecule has 0 aliphatic carbocycles. The molecule has 2 heterocycles. The number of thiophene rings is 1. The van der Waals surface area contributed by atoms with Gasteiger partial charge >= 0.3 is 0 Å². The summed E-state index contributed by atoms with van der Waals surface area (Å²) in [4.78, 5) is 17.5. The maximum atomic E-state index is 12.3. The van der Waals surface area contributed by atoms with Gasteiger partial charge in [0.1, 0.15) is 5.82 Å². The number of nitrogens with two attached hydrogens (primary N) is 1. The fourth-order valence-corrected chi connectivity index (χ4v) is 2.72. The van der Waals surface area contributed by atoms with Crippen molar-refractivity contribution in [3.05, 3.63) is 58.4 Å². The number of carbonyl (C=O) groups is 1. The highest BCUT2D eigenvalue weighted by molar-refractivity contribution is 7.09. The van der Waals surface area contributed by atoms with Gasteiger partial charge in [0.2, 0.25) is 0 Å². The van der Waals surface area contributed by atoms with Crippen LogP contribution in [0.2, 0.25) is 0 Å². The Labute approximate surface area is 120 Å². The molecule has 0 bridgehead atoms. The smallest absolute Gasteiger partial charge is 0.253 e. The van der Waals surface area contributed by atoms with E-state index in [2.05, 4.69) is 10.3 Å². The molecule has 4 nitrogen and oxygen atoms in total. The molecule has 0 saturated heterocycles. The molecule has 1 amide bonds. The van der Waals surface area contributed by atoms with Crippen molar-refractivity contribution in [1.29, 1.82) is 0 Å². The SMILES string of the molecule is Nc1ncc(C(=O)NCc2cccs2)c2ccccc12. The first kappa shape index (κ1) is 12.6. The standard InChI is InChI=1S/C15H13N3OS/c16-14-12-6-2-1-5-11(12)13(9-17-14)15(19)18-8-10-4-3-7-20-10/h1-7,9H,8H2,(H2,16,17)(H,18,19). The summed E-state index contributed by atoms with van der Waals surface area (Å²) < 4.78 is 0. The van der Waals surface area contributed by atoms with Crippen LogP contribution >= 0.6 is 11.3 Å². The number of nitrogen functional groups attached to an aromatic ring is 1. The highest BCUT2D eigenvalue weighted by Gasteiger charge is 2.12. The number of benzene rings is 1. The number of nitrogens with zero attached hydrogens (tertiary/aromatic N) is 1. The monoisotopic (exact) mass is 283 g/mol. The minimum atomic E-state index is -0.137. The third-order valence-electron chi connectivity index (χ3n) is 3.07. The Morgan fingerprint density at radius 2 is 2.00 bits per heavy atom. The Balaban J connectivity index is 1.90. The third-order valence-corrected chi connectivity index (χ3v) is 3.95. The van der Waals surface area contributed by atoms with Crippen LogP contribution in [0.5, 0.6) is 0 Å². The Morgan fingerprint density at radius 3 is 2.75 bits per heavy atom. The summed E-state index contributed by atoms with van der Waals surface area (Å²) in [5, 5.41) is 6.52. The van der Waals surface area contributed by atoms with Gasteiger partial charge in [0.05, 0.1) is 12.1 Å². The van der Waals surface area contributed by atoms with E-state index in [9.17, 15) is 4.79 Å². The van der Waals surface area contributed by atoms with E-state index in [1.807, 2.05) is 41.8 Å². The molecule has 0 spiro atoms. The van der Waals surface area contributed by atoms with E-state index in [1.54, 1.807) is 11.3 Å². The quantitative estimate of drug-likeness (QED) is 0.776. The fraction of sp³-hybridized carbons (Fsp3) is 0.0667. The zero-order valence-electron chi connectivity index (χ0n) is 10.7. The summed E-state index contributed by atoms with van der Waals surface area (Å²) >= 11 is 1.62. The first-order chi connectivity index (χ1) is 9.75. The number of fused-ring (bicyclic) bond motifs is 1. The van der Waals surface area contributed by atoms with Crippen LogP contribution < -0.4 is 11.1 Å². The highest BCUT2D eigenvalue weighted by atomic mass is 32.1. The summed E-state index contributed by atoms with van der Waals surface area (Å²) in [6.07, 6.45) is 1.53. The fourth-order valence-electron chi connectivity index (χ4n) is 2.07. The van der Waals surface area contributed by atoms with Gasteiger partial charge in [-0.15, -0.1) is 11.3 Å². The molecule has 0 saturated carbocycles. The van der Waals surface area contributed by atoms with Crippen molar-refractivity contribution in [3.63, 3.8) is 0 Å². The van der Waals surface area contributed by atoms with Gasteiger partial charge in [-0.25, -0.2) is 4.98 Å². The summed E-state index contributed by atoms with van der Waals surface area (Å²) in [5.74, 6) is 0.303. The molecule has 0 atom stereocenters. The lowest BCUT2D eigenvalue weighted by Crippen LogP contribution is -2.22. The van der Waals surface area contributed by atoms with Crippen LogP contribution in [-0.4, -0.2) is 10.9 Å². The maximum Gasteiger partial charge on any atom is 0.253 e. The van der Waals surface area contributed by atoms with E-state index in [0.29, 0.717) is 17.9 Å². The molecule has 100 valence electrons. The molecule has 1 aromatic carbocycles. The Hall–Kier alpha value is -2.40. The maximum absolute atomic E-state index is 12.3. The number of aromatic nitrogens is 1. The average molecular weight is 283 g/mol. The largest absolute Gasteiger partial charge is 0.383 e. The molecule has 0 fully saturated rings. The van der Waals surface area contributed by atoms with E-state index in [0.717, 1.165) is 15.6 Å². The summed E-state index contributed by atoms with van der Waals surface area (Å²) in [6, 6.07) is 11.5. The first-order valence-corrected chi connectivity index (χ1v) is 7.07. The molecule has 0 unspecified atom stereocenters. The van der Waals surface area contributed by atoms with Crippen LogP contribution in [-0.2, 0) is 6.54 Å². The van der Waals surface area contributed by atoms with Crippen LogP contribution in [0.4, 0.5) is 5.82 Å². The third kappa shape index (κ3) is 2.35. The van der Waals surface area contributed by atoms with Gasteiger partial charge in [-0.3, -0.25) is 4.79 Å². The van der Waals surface area contributed by atoms with E-state index < -0.39 is 0 Å². The number of hydrogen-bond donors (Lipinski definition) is 2. The lowest BCUT2D eigenvalue weighted by molar-refractivity contribution is 0.0952. The summed E-state index contributed by atoms with van der Waals surface area (Å²) in [6.45, 7) is 0.523. The van der Waals surface area contributed by atoms with E-state index in [1.165, 1.54) is 6.20 Å². The van der Waals surface area contributed by atoms with Crippen LogP contribution in [0.25, 0.3) is 10.8 Å². The predicted molar refractivity (Wildman–Crippen MR) is 81.6 cm³/mol. The Kier molecular flexibility index (Phi) is 3.35. The van der Waals surface area contributed by atoms with Crippen LogP contribution in [0.15, 0.2) is 48.0 Å². The average Bonchev–Trinajstić information content (AvgIpc) is 2.99. The van der Waals surface area contributed by atoms with Crippen molar-refractivity contribution >= 4 is 33.8 Å². The minimum Gasteiger partial charge on any atom is -0.383 e. The normalized spacial score (nSPS) is 10.6. The molecular weight excluding hydrogens is 270 g/mol. The van der Waals surface area contributed by atoms with Crippen molar-refractivity contribution in [2.45, 2.75) is 6.54 Å². The van der Waals surface area contributed by atoms with Gasteiger partial charge in [-0.1, -0.05) is 30.3 Å². The zero-order valence-corrected chi connectivity index (χ0v) is 11.5. The predicted octanol–water partition coefficient (Wildman–Crippen LogP) is 2.81. The molecule has 2 aromatic heterocycles. The Morgan fingerprint density at radius 1 is 1.20 bits per heavy atom. The van der Waals surface area contributed by atoms with E-state index in [-0.39, 0.29) is 5.91 Å². The topological polar surface area (TPSA) is 68.0 Å². The number of carbonyl (C=O) groups excluding carboxylic acids is 1. The first-order valence-electron chi connectivity index (χ1n) is 6.19.